The fourth-order valence-electron chi connectivity index (χ4n) is 4.58. The average Bonchev–Trinajstić information content (AvgIpc) is 2.96. The largest absolute Gasteiger partial charge is 0.466 e. The SMILES string of the molecule is CCOC(=O)C1CCN(C(=O)c2ccc(CSc3nc(C(C)C)cc(N(C)Cc4ccccc4)n3)cc2)CC1. The van der Waals surface area contributed by atoms with E-state index < -0.39 is 0 Å². The number of esters is 1. The Morgan fingerprint density at radius 2 is 1.72 bits per heavy atom. The molecule has 1 aliphatic heterocycles. The van der Waals surface area contributed by atoms with E-state index in [9.17, 15) is 9.59 Å². The molecule has 206 valence electrons. The van der Waals surface area contributed by atoms with Crippen LogP contribution in [0.2, 0.25) is 0 Å². The second-order valence-corrected chi connectivity index (χ2v) is 11.2. The van der Waals surface area contributed by atoms with E-state index in [2.05, 4.69) is 56.1 Å². The van der Waals surface area contributed by atoms with Crippen LogP contribution in [0.15, 0.2) is 65.8 Å². The van der Waals surface area contributed by atoms with E-state index in [0.29, 0.717) is 49.8 Å². The maximum Gasteiger partial charge on any atom is 0.309 e. The molecule has 7 nitrogen and oxygen atoms in total. The smallest absolute Gasteiger partial charge is 0.309 e. The number of amides is 1. The molecule has 0 radical (unpaired) electrons. The van der Waals surface area contributed by atoms with E-state index in [1.54, 1.807) is 11.8 Å². The van der Waals surface area contributed by atoms with Crippen LogP contribution in [0.4, 0.5) is 5.82 Å². The van der Waals surface area contributed by atoms with Crippen LogP contribution in [0, 0.1) is 5.92 Å². The molecule has 2 heterocycles. The molecule has 0 spiro atoms. The average molecular weight is 547 g/mol. The molecule has 3 aromatic rings. The van der Waals surface area contributed by atoms with E-state index in [1.807, 2.05) is 42.2 Å². The molecule has 0 atom stereocenters. The summed E-state index contributed by atoms with van der Waals surface area (Å²) in [6.07, 6.45) is 1.30. The minimum Gasteiger partial charge on any atom is -0.466 e. The van der Waals surface area contributed by atoms with Crippen LogP contribution in [0.25, 0.3) is 0 Å². The van der Waals surface area contributed by atoms with Crippen LogP contribution in [0.1, 0.15) is 66.7 Å². The van der Waals surface area contributed by atoms with Crippen LogP contribution >= 0.6 is 11.8 Å². The van der Waals surface area contributed by atoms with E-state index in [-0.39, 0.29) is 17.8 Å². The van der Waals surface area contributed by atoms with Gasteiger partial charge in [0.05, 0.1) is 12.5 Å². The monoisotopic (exact) mass is 546 g/mol. The third-order valence-corrected chi connectivity index (χ3v) is 7.85. The molecule has 8 heteroatoms. The number of thioether (sulfide) groups is 1. The van der Waals surface area contributed by atoms with Gasteiger partial charge in [-0.2, -0.15) is 0 Å². The summed E-state index contributed by atoms with van der Waals surface area (Å²) >= 11 is 1.60. The van der Waals surface area contributed by atoms with Gasteiger partial charge in [-0.1, -0.05) is 68.1 Å². The number of hydrogen-bond acceptors (Lipinski definition) is 7. The number of likely N-dealkylation sites (tertiary alicyclic amines) is 1. The van der Waals surface area contributed by atoms with Crippen LogP contribution in [0.5, 0.6) is 0 Å². The Morgan fingerprint density at radius 3 is 2.36 bits per heavy atom. The highest BCUT2D eigenvalue weighted by atomic mass is 32.2. The lowest BCUT2D eigenvalue weighted by Crippen LogP contribution is -2.40. The molecule has 0 saturated carbocycles. The zero-order chi connectivity index (χ0) is 27.8. The molecular weight excluding hydrogens is 508 g/mol. The number of aromatic nitrogens is 2. The van der Waals surface area contributed by atoms with Gasteiger partial charge >= 0.3 is 5.97 Å². The third-order valence-electron chi connectivity index (χ3n) is 6.93. The van der Waals surface area contributed by atoms with Gasteiger partial charge in [0.2, 0.25) is 0 Å². The number of piperidine rings is 1. The van der Waals surface area contributed by atoms with Gasteiger partial charge in [0.15, 0.2) is 5.16 Å². The van der Waals surface area contributed by atoms with E-state index >= 15 is 0 Å². The zero-order valence-electron chi connectivity index (χ0n) is 23.3. The van der Waals surface area contributed by atoms with Crippen LogP contribution in [-0.4, -0.2) is 53.5 Å². The Balaban J connectivity index is 1.36. The van der Waals surface area contributed by atoms with Gasteiger partial charge in [0.1, 0.15) is 5.82 Å². The fraction of sp³-hybridized carbons (Fsp3) is 0.419. The van der Waals surface area contributed by atoms with Crippen molar-refractivity contribution in [2.45, 2.75) is 57.0 Å². The lowest BCUT2D eigenvalue weighted by atomic mass is 9.96. The molecule has 39 heavy (non-hydrogen) atoms. The summed E-state index contributed by atoms with van der Waals surface area (Å²) in [6, 6.07) is 20.2. The van der Waals surface area contributed by atoms with Gasteiger partial charge in [-0.05, 0) is 48.9 Å². The van der Waals surface area contributed by atoms with Crippen LogP contribution < -0.4 is 4.90 Å². The molecule has 4 rings (SSSR count). The number of nitrogens with zero attached hydrogens (tertiary/aromatic N) is 4. The molecule has 0 N–H and O–H groups in total. The first kappa shape index (κ1) is 28.6. The summed E-state index contributed by atoms with van der Waals surface area (Å²) in [7, 11) is 2.06. The summed E-state index contributed by atoms with van der Waals surface area (Å²) in [6.45, 7) is 8.42. The van der Waals surface area contributed by atoms with Crippen molar-refractivity contribution in [3.63, 3.8) is 0 Å². The molecule has 1 aliphatic rings. The number of benzene rings is 2. The molecule has 0 bridgehead atoms. The summed E-state index contributed by atoms with van der Waals surface area (Å²) in [5.74, 6) is 1.67. The quantitative estimate of drug-likeness (QED) is 0.177. The lowest BCUT2D eigenvalue weighted by Gasteiger charge is -2.31. The van der Waals surface area contributed by atoms with E-state index in [0.717, 1.165) is 28.8 Å². The van der Waals surface area contributed by atoms with Crippen molar-refractivity contribution < 1.29 is 14.3 Å². The zero-order valence-corrected chi connectivity index (χ0v) is 24.1. The van der Waals surface area contributed by atoms with Crippen LogP contribution in [0.3, 0.4) is 0 Å². The first-order valence-electron chi connectivity index (χ1n) is 13.7. The minimum absolute atomic E-state index is 0.00979. The van der Waals surface area contributed by atoms with E-state index in [1.165, 1.54) is 5.56 Å². The molecule has 1 aromatic heterocycles. The van der Waals surface area contributed by atoms with Crippen molar-refractivity contribution in [2.75, 3.05) is 31.6 Å². The molecule has 2 aromatic carbocycles. The van der Waals surface area contributed by atoms with Crippen LogP contribution in [-0.2, 0) is 21.8 Å². The highest BCUT2D eigenvalue weighted by Gasteiger charge is 2.28. The number of rotatable bonds is 10. The van der Waals surface area contributed by atoms with Gasteiger partial charge in [0.25, 0.3) is 5.91 Å². The molecule has 1 fully saturated rings. The summed E-state index contributed by atoms with van der Waals surface area (Å²) in [5, 5.41) is 0.751. The highest BCUT2D eigenvalue weighted by molar-refractivity contribution is 7.98. The third kappa shape index (κ3) is 7.82. The predicted molar refractivity (Wildman–Crippen MR) is 156 cm³/mol. The molecular formula is C31H38N4O3S. The summed E-state index contributed by atoms with van der Waals surface area (Å²) in [5.41, 5.74) is 4.03. The number of ether oxygens (including phenoxy) is 1. The first-order valence-corrected chi connectivity index (χ1v) is 14.6. The maximum absolute atomic E-state index is 13.0. The van der Waals surface area contributed by atoms with Crippen molar-refractivity contribution in [3.8, 4) is 0 Å². The summed E-state index contributed by atoms with van der Waals surface area (Å²) < 4.78 is 5.13. The highest BCUT2D eigenvalue weighted by Crippen LogP contribution is 2.27. The van der Waals surface area contributed by atoms with Crippen molar-refractivity contribution >= 4 is 29.5 Å². The Hall–Kier alpha value is -3.39. The number of carbonyl (C=O) groups is 2. The number of anilines is 1. The van der Waals surface area contributed by atoms with E-state index in [4.69, 9.17) is 14.7 Å². The second kappa shape index (κ2) is 13.6. The topological polar surface area (TPSA) is 75.6 Å². The fourth-order valence-corrected chi connectivity index (χ4v) is 5.39. The number of hydrogen-bond donors (Lipinski definition) is 0. The first-order chi connectivity index (χ1) is 18.8. The molecule has 0 unspecified atom stereocenters. The Kier molecular flexibility index (Phi) is 9.98. The predicted octanol–water partition coefficient (Wildman–Crippen LogP) is 5.94. The maximum atomic E-state index is 13.0. The van der Waals surface area contributed by atoms with Gasteiger partial charge < -0.3 is 14.5 Å². The second-order valence-electron chi connectivity index (χ2n) is 10.2. The van der Waals surface area contributed by atoms with Crippen molar-refractivity contribution in [3.05, 3.63) is 83.0 Å². The lowest BCUT2D eigenvalue weighted by molar-refractivity contribution is -0.149. The molecule has 0 aliphatic carbocycles. The number of carbonyl (C=O) groups excluding carboxylic acids is 2. The Labute approximate surface area is 236 Å². The molecule has 1 amide bonds. The van der Waals surface area contributed by atoms with Gasteiger partial charge in [-0.15, -0.1) is 0 Å². The van der Waals surface area contributed by atoms with Gasteiger partial charge in [-0.25, -0.2) is 9.97 Å². The normalized spacial score (nSPS) is 13.9. The molecule has 1 saturated heterocycles. The van der Waals surface area contributed by atoms with Gasteiger partial charge in [-0.3, -0.25) is 9.59 Å². The Bertz CT molecular complexity index is 1240. The minimum atomic E-state index is -0.149. The standard InChI is InChI=1S/C31H38N4O3S/c1-5-38-30(37)26-15-17-35(18-16-26)29(36)25-13-11-24(12-14-25)21-39-31-32-27(22(2)3)19-28(33-31)34(4)20-23-9-7-6-8-10-23/h6-14,19,22,26H,5,15-18,20-21H2,1-4H3. The summed E-state index contributed by atoms with van der Waals surface area (Å²) in [4.78, 5) is 38.6. The Morgan fingerprint density at radius 1 is 1.03 bits per heavy atom. The van der Waals surface area contributed by atoms with Crippen molar-refractivity contribution in [1.29, 1.82) is 0 Å². The van der Waals surface area contributed by atoms with Crippen molar-refractivity contribution in [2.24, 2.45) is 5.92 Å². The van der Waals surface area contributed by atoms with Gasteiger partial charge in [0, 0.05) is 49.8 Å². The van der Waals surface area contributed by atoms with Crippen molar-refractivity contribution in [1.82, 2.24) is 14.9 Å².